The van der Waals surface area contributed by atoms with Gasteiger partial charge in [0.25, 0.3) is 0 Å². The molecule has 6 nitrogen and oxygen atoms in total. The van der Waals surface area contributed by atoms with Crippen LogP contribution in [0.2, 0.25) is 0 Å². The Bertz CT molecular complexity index is 1010. The first-order valence-corrected chi connectivity index (χ1v) is 10.2. The first kappa shape index (κ1) is 19.0. The molecule has 0 unspecified atom stereocenters. The van der Waals surface area contributed by atoms with Crippen molar-refractivity contribution in [3.05, 3.63) is 66.5 Å². The first-order valence-electron chi connectivity index (χ1n) is 8.57. The van der Waals surface area contributed by atoms with Crippen molar-refractivity contribution in [2.24, 2.45) is 0 Å². The molecule has 0 spiro atoms. The second-order valence-electron chi connectivity index (χ2n) is 7.19. The molecule has 1 aromatic heterocycles. The van der Waals surface area contributed by atoms with E-state index in [9.17, 15) is 8.42 Å². The minimum atomic E-state index is -3.21. The van der Waals surface area contributed by atoms with Gasteiger partial charge in [0.1, 0.15) is 6.33 Å². The van der Waals surface area contributed by atoms with Crippen LogP contribution in [-0.4, -0.2) is 28.1 Å². The highest BCUT2D eigenvalue weighted by atomic mass is 32.2. The Morgan fingerprint density at radius 3 is 2.22 bits per heavy atom. The number of benzene rings is 2. The third-order valence-corrected chi connectivity index (χ3v) is 6.68. The van der Waals surface area contributed by atoms with Gasteiger partial charge >= 0.3 is 0 Å². The van der Waals surface area contributed by atoms with Gasteiger partial charge in [-0.2, -0.15) is 4.98 Å². The van der Waals surface area contributed by atoms with Gasteiger partial charge in [-0.05, 0) is 38.5 Å². The molecule has 140 valence electrons. The van der Waals surface area contributed by atoms with Gasteiger partial charge in [0.15, 0.2) is 15.7 Å². The van der Waals surface area contributed by atoms with Crippen molar-refractivity contribution < 1.29 is 8.42 Å². The largest absolute Gasteiger partial charge is 0.324 e. The van der Waals surface area contributed by atoms with Gasteiger partial charge in [-0.1, -0.05) is 42.5 Å². The highest BCUT2D eigenvalue weighted by molar-refractivity contribution is 7.91. The Labute approximate surface area is 159 Å². The average molecular weight is 382 g/mol. The van der Waals surface area contributed by atoms with Gasteiger partial charge in [-0.15, -0.1) is 0 Å². The van der Waals surface area contributed by atoms with Gasteiger partial charge in [0.05, 0.1) is 10.5 Å². The van der Waals surface area contributed by atoms with Crippen molar-refractivity contribution >= 4 is 21.5 Å². The maximum Gasteiger partial charge on any atom is 0.230 e. The Balaban J connectivity index is 1.74. The van der Waals surface area contributed by atoms with E-state index < -0.39 is 14.6 Å². The van der Waals surface area contributed by atoms with Crippen molar-refractivity contribution in [3.8, 4) is 11.4 Å². The summed E-state index contributed by atoms with van der Waals surface area (Å²) >= 11 is 0. The predicted molar refractivity (Wildman–Crippen MR) is 107 cm³/mol. The number of hydrogen-bond donors (Lipinski definition) is 1. The molecule has 0 amide bonds. The van der Waals surface area contributed by atoms with Crippen LogP contribution in [-0.2, 0) is 15.6 Å². The molecule has 0 saturated heterocycles. The van der Waals surface area contributed by atoms with E-state index in [-0.39, 0.29) is 5.75 Å². The molecule has 0 aliphatic rings. The van der Waals surface area contributed by atoms with Crippen LogP contribution in [0.4, 0.5) is 11.6 Å². The highest BCUT2D eigenvalue weighted by Crippen LogP contribution is 2.22. The normalized spacial score (nSPS) is 12.0. The van der Waals surface area contributed by atoms with Gasteiger partial charge in [-0.3, -0.25) is 0 Å². The fraction of sp³-hybridized carbons (Fsp3) is 0.250. The van der Waals surface area contributed by atoms with Gasteiger partial charge in [0, 0.05) is 11.3 Å². The molecule has 3 aromatic rings. The standard InChI is InChI=1S/C20H22N4O2S/c1-20(2,3)27(25,26)13-15-9-11-17(12-10-15)23-19-22-14-21-18(24-19)16-7-5-4-6-8-16/h4-12,14H,13H2,1-3H3,(H,21,22,23,24). The molecule has 0 radical (unpaired) electrons. The zero-order valence-corrected chi connectivity index (χ0v) is 16.4. The number of anilines is 2. The molecule has 1 N–H and O–H groups in total. The molecule has 0 bridgehead atoms. The molecule has 0 atom stereocenters. The molecule has 7 heteroatoms. The topological polar surface area (TPSA) is 84.8 Å². The molecular formula is C20H22N4O2S. The number of nitrogens with one attached hydrogen (secondary N) is 1. The van der Waals surface area contributed by atoms with Gasteiger partial charge in [-0.25, -0.2) is 18.4 Å². The van der Waals surface area contributed by atoms with Gasteiger partial charge < -0.3 is 5.32 Å². The molecule has 0 saturated carbocycles. The minimum Gasteiger partial charge on any atom is -0.324 e. The van der Waals surface area contributed by atoms with E-state index in [1.807, 2.05) is 42.5 Å². The van der Waals surface area contributed by atoms with Crippen LogP contribution in [0.25, 0.3) is 11.4 Å². The van der Waals surface area contributed by atoms with Crippen molar-refractivity contribution in [1.82, 2.24) is 15.0 Å². The lowest BCUT2D eigenvalue weighted by Gasteiger charge is -2.19. The average Bonchev–Trinajstić information content (AvgIpc) is 2.63. The Morgan fingerprint density at radius 2 is 1.59 bits per heavy atom. The molecule has 0 aliphatic carbocycles. The molecule has 3 rings (SSSR count). The van der Waals surface area contributed by atoms with Crippen molar-refractivity contribution in [1.29, 1.82) is 0 Å². The Kier molecular flexibility index (Phi) is 5.23. The SMILES string of the molecule is CC(C)(C)S(=O)(=O)Cc1ccc(Nc2ncnc(-c3ccccc3)n2)cc1. The van der Waals surface area contributed by atoms with E-state index in [1.54, 1.807) is 32.9 Å². The number of aromatic nitrogens is 3. The second-order valence-corrected chi connectivity index (χ2v) is 9.94. The molecule has 27 heavy (non-hydrogen) atoms. The summed E-state index contributed by atoms with van der Waals surface area (Å²) in [6.07, 6.45) is 1.46. The first-order chi connectivity index (χ1) is 12.7. The summed E-state index contributed by atoms with van der Waals surface area (Å²) in [5.74, 6) is 1.03. The fourth-order valence-corrected chi connectivity index (χ4v) is 3.40. The third-order valence-electron chi connectivity index (χ3n) is 4.10. The van der Waals surface area contributed by atoms with Crippen LogP contribution in [0, 0.1) is 0 Å². The van der Waals surface area contributed by atoms with Gasteiger partial charge in [0.2, 0.25) is 5.95 Å². The van der Waals surface area contributed by atoms with E-state index >= 15 is 0 Å². The summed E-state index contributed by atoms with van der Waals surface area (Å²) in [7, 11) is -3.21. The van der Waals surface area contributed by atoms with Crippen LogP contribution in [0.15, 0.2) is 60.9 Å². The molecule has 2 aromatic carbocycles. The predicted octanol–water partition coefficient (Wildman–Crippen LogP) is 4.00. The number of nitrogens with zero attached hydrogens (tertiary/aromatic N) is 3. The van der Waals surface area contributed by atoms with Crippen LogP contribution in [0.1, 0.15) is 26.3 Å². The number of rotatable bonds is 5. The van der Waals surface area contributed by atoms with E-state index in [0.29, 0.717) is 11.8 Å². The summed E-state index contributed by atoms with van der Waals surface area (Å²) in [6.45, 7) is 5.13. The summed E-state index contributed by atoms with van der Waals surface area (Å²) < 4.78 is 23.9. The van der Waals surface area contributed by atoms with E-state index in [1.165, 1.54) is 6.33 Å². The number of hydrogen-bond acceptors (Lipinski definition) is 6. The van der Waals surface area contributed by atoms with Crippen molar-refractivity contribution in [2.75, 3.05) is 5.32 Å². The summed E-state index contributed by atoms with van der Waals surface area (Å²) in [5, 5.41) is 3.12. The lowest BCUT2D eigenvalue weighted by Crippen LogP contribution is -2.29. The van der Waals surface area contributed by atoms with E-state index in [2.05, 4.69) is 20.3 Å². The van der Waals surface area contributed by atoms with E-state index in [4.69, 9.17) is 0 Å². The summed E-state index contributed by atoms with van der Waals surface area (Å²) in [4.78, 5) is 12.8. The Morgan fingerprint density at radius 1 is 0.926 bits per heavy atom. The zero-order chi connectivity index (χ0) is 19.5. The molecule has 0 aliphatic heterocycles. The second kappa shape index (κ2) is 7.44. The van der Waals surface area contributed by atoms with Crippen LogP contribution < -0.4 is 5.32 Å². The summed E-state index contributed by atoms with van der Waals surface area (Å²) in [6, 6.07) is 16.9. The fourth-order valence-electron chi connectivity index (χ4n) is 2.33. The number of sulfone groups is 1. The Hall–Kier alpha value is -2.80. The third kappa shape index (κ3) is 4.68. The molecular weight excluding hydrogens is 360 g/mol. The molecule has 0 fully saturated rings. The molecule has 1 heterocycles. The monoisotopic (exact) mass is 382 g/mol. The van der Waals surface area contributed by atoms with Crippen molar-refractivity contribution in [3.63, 3.8) is 0 Å². The highest BCUT2D eigenvalue weighted by Gasteiger charge is 2.28. The maximum atomic E-state index is 12.3. The van der Waals surface area contributed by atoms with Crippen LogP contribution in [0.5, 0.6) is 0 Å². The minimum absolute atomic E-state index is 0.0146. The van der Waals surface area contributed by atoms with Crippen molar-refractivity contribution in [2.45, 2.75) is 31.3 Å². The van der Waals surface area contributed by atoms with E-state index in [0.717, 1.165) is 16.8 Å². The van der Waals surface area contributed by atoms with Crippen LogP contribution in [0.3, 0.4) is 0 Å². The quantitative estimate of drug-likeness (QED) is 0.718. The van der Waals surface area contributed by atoms with Crippen LogP contribution >= 0.6 is 0 Å². The lowest BCUT2D eigenvalue weighted by atomic mass is 10.2. The smallest absolute Gasteiger partial charge is 0.230 e. The summed E-state index contributed by atoms with van der Waals surface area (Å²) in [5.41, 5.74) is 2.43. The zero-order valence-electron chi connectivity index (χ0n) is 15.5. The lowest BCUT2D eigenvalue weighted by molar-refractivity contribution is 0.559. The maximum absolute atomic E-state index is 12.3.